The molecule has 3 amide bonds. The number of nitrogens with zero attached hydrogens (tertiary/aromatic N) is 2. The summed E-state index contributed by atoms with van der Waals surface area (Å²) < 4.78 is 0. The molecule has 2 bridgehead atoms. The first kappa shape index (κ1) is 23.1. The number of hydrogen-bond acceptors (Lipinski definition) is 4. The third-order valence-electron chi connectivity index (χ3n) is 7.58. The summed E-state index contributed by atoms with van der Waals surface area (Å²) in [6.45, 7) is 3.45. The van der Waals surface area contributed by atoms with E-state index in [9.17, 15) is 19.2 Å². The van der Waals surface area contributed by atoms with E-state index in [1.165, 1.54) is 18.2 Å². The lowest BCUT2D eigenvalue weighted by molar-refractivity contribution is -0.157. The van der Waals surface area contributed by atoms with Crippen molar-refractivity contribution < 1.29 is 19.2 Å². The molecule has 0 aromatic heterocycles. The normalized spacial score (nSPS) is 26.1. The van der Waals surface area contributed by atoms with E-state index in [1.807, 2.05) is 6.92 Å². The minimum atomic E-state index is -1.09. The number of imide groups is 1. The standard InChI is InChI=1S/C26H24Cl2N2O4/c1-13-3-5-15(6-4-13)23(31)14(2)29(24(32)18-9-10-19(27)20(28)12-18)30-25(33)21-16-7-8-17(11-16)22(21)26(30)34/h3-6,9-10,12,14,16-17,21-22H,7-8,11H2,1-2H3/t14-,16-,17-,21+,22+/m0/s1. The fourth-order valence-corrected chi connectivity index (χ4v) is 6.17. The van der Waals surface area contributed by atoms with Gasteiger partial charge in [0.2, 0.25) is 0 Å². The first-order valence-corrected chi connectivity index (χ1v) is 12.2. The molecular weight excluding hydrogens is 475 g/mol. The van der Waals surface area contributed by atoms with E-state index < -0.39 is 23.8 Å². The first-order chi connectivity index (χ1) is 16.2. The van der Waals surface area contributed by atoms with Gasteiger partial charge in [-0.2, -0.15) is 5.01 Å². The number of benzene rings is 2. The van der Waals surface area contributed by atoms with Crippen LogP contribution in [0.25, 0.3) is 0 Å². The molecule has 1 heterocycles. The van der Waals surface area contributed by atoms with Crippen LogP contribution >= 0.6 is 23.2 Å². The highest BCUT2D eigenvalue weighted by Crippen LogP contribution is 2.56. The molecule has 2 aromatic rings. The number of hydrazine groups is 1. The van der Waals surface area contributed by atoms with Gasteiger partial charge in [-0.3, -0.25) is 19.2 Å². The van der Waals surface area contributed by atoms with E-state index in [1.54, 1.807) is 31.2 Å². The fraction of sp³-hybridized carbons (Fsp3) is 0.385. The summed E-state index contributed by atoms with van der Waals surface area (Å²) in [6.07, 6.45) is 2.70. The highest BCUT2D eigenvalue weighted by molar-refractivity contribution is 6.42. The van der Waals surface area contributed by atoms with Gasteiger partial charge in [-0.05, 0) is 63.1 Å². The molecule has 176 valence electrons. The fourth-order valence-electron chi connectivity index (χ4n) is 5.88. The van der Waals surface area contributed by atoms with Crippen molar-refractivity contribution in [2.24, 2.45) is 23.7 Å². The van der Waals surface area contributed by atoms with Gasteiger partial charge in [0, 0.05) is 11.1 Å². The lowest BCUT2D eigenvalue weighted by atomic mass is 9.81. The SMILES string of the molecule is Cc1ccc(C(=O)[C@H](C)N(C(=O)c2ccc(Cl)c(Cl)c2)N2C(=O)[C@@H]3[C@H]4CC[C@@H](C4)[C@H]3C2=O)cc1. The molecule has 8 heteroatoms. The van der Waals surface area contributed by atoms with Crippen molar-refractivity contribution in [3.05, 3.63) is 69.2 Å². The molecule has 0 N–H and O–H groups in total. The van der Waals surface area contributed by atoms with Gasteiger partial charge < -0.3 is 0 Å². The Bertz CT molecular complexity index is 1180. The third-order valence-corrected chi connectivity index (χ3v) is 8.32. The van der Waals surface area contributed by atoms with Gasteiger partial charge in [-0.25, -0.2) is 5.01 Å². The van der Waals surface area contributed by atoms with E-state index in [-0.39, 0.29) is 45.0 Å². The van der Waals surface area contributed by atoms with Gasteiger partial charge in [0.25, 0.3) is 17.7 Å². The lowest BCUT2D eigenvalue weighted by Gasteiger charge is -2.35. The Morgan fingerprint density at radius 3 is 2.03 bits per heavy atom. The van der Waals surface area contributed by atoms with Gasteiger partial charge >= 0.3 is 0 Å². The summed E-state index contributed by atoms with van der Waals surface area (Å²) in [5, 5.41) is 2.41. The van der Waals surface area contributed by atoms with Gasteiger partial charge in [-0.1, -0.05) is 53.0 Å². The number of hydrogen-bond donors (Lipinski definition) is 0. The van der Waals surface area contributed by atoms with Gasteiger partial charge in [0.05, 0.1) is 21.9 Å². The molecule has 1 aliphatic heterocycles. The van der Waals surface area contributed by atoms with Crippen LogP contribution in [0.15, 0.2) is 42.5 Å². The monoisotopic (exact) mass is 498 g/mol. The van der Waals surface area contributed by atoms with Crippen LogP contribution in [0.5, 0.6) is 0 Å². The first-order valence-electron chi connectivity index (χ1n) is 11.5. The number of Topliss-reactive ketones (excluding diaryl/α,β-unsaturated/α-hetero) is 1. The lowest BCUT2D eigenvalue weighted by Crippen LogP contribution is -2.56. The molecule has 3 fully saturated rings. The van der Waals surface area contributed by atoms with Crippen LogP contribution in [0.2, 0.25) is 10.0 Å². The zero-order chi connectivity index (χ0) is 24.3. The largest absolute Gasteiger partial charge is 0.292 e. The summed E-state index contributed by atoms with van der Waals surface area (Å²) in [5.74, 6) is -2.33. The van der Waals surface area contributed by atoms with Crippen molar-refractivity contribution in [2.75, 3.05) is 0 Å². The van der Waals surface area contributed by atoms with Crippen LogP contribution in [-0.4, -0.2) is 39.6 Å². The number of aryl methyl sites for hydroxylation is 1. The van der Waals surface area contributed by atoms with Gasteiger partial charge in [0.15, 0.2) is 5.78 Å². The van der Waals surface area contributed by atoms with Crippen LogP contribution in [0, 0.1) is 30.6 Å². The summed E-state index contributed by atoms with van der Waals surface area (Å²) in [7, 11) is 0. The summed E-state index contributed by atoms with van der Waals surface area (Å²) in [4.78, 5) is 54.3. The predicted molar refractivity (Wildman–Crippen MR) is 127 cm³/mol. The Kier molecular flexibility index (Phi) is 5.77. The Hall–Kier alpha value is -2.70. The molecule has 2 aliphatic carbocycles. The second-order valence-electron chi connectivity index (χ2n) is 9.56. The summed E-state index contributed by atoms with van der Waals surface area (Å²) in [5.41, 5.74) is 1.52. The van der Waals surface area contributed by atoms with E-state index in [0.29, 0.717) is 5.56 Å². The smallest absolute Gasteiger partial charge is 0.273 e. The Balaban J connectivity index is 1.55. The number of fused-ring (bicyclic) bond motifs is 5. The Morgan fingerprint density at radius 2 is 1.47 bits per heavy atom. The number of carbonyl (C=O) groups excluding carboxylic acids is 4. The maximum absolute atomic E-state index is 13.7. The highest BCUT2D eigenvalue weighted by atomic mass is 35.5. The molecule has 1 saturated heterocycles. The van der Waals surface area contributed by atoms with Crippen LogP contribution in [-0.2, 0) is 9.59 Å². The zero-order valence-electron chi connectivity index (χ0n) is 18.8. The molecule has 0 radical (unpaired) electrons. The zero-order valence-corrected chi connectivity index (χ0v) is 20.3. The predicted octanol–water partition coefficient (Wildman–Crippen LogP) is 4.96. The van der Waals surface area contributed by atoms with Crippen molar-refractivity contribution in [3.63, 3.8) is 0 Å². The van der Waals surface area contributed by atoms with Crippen LogP contribution < -0.4 is 0 Å². The minimum Gasteiger partial charge on any atom is -0.292 e. The number of rotatable bonds is 5. The van der Waals surface area contributed by atoms with Crippen LogP contribution in [0.3, 0.4) is 0 Å². The maximum Gasteiger partial charge on any atom is 0.273 e. The molecule has 5 atom stereocenters. The quantitative estimate of drug-likeness (QED) is 0.431. The molecule has 5 rings (SSSR count). The second kappa shape index (κ2) is 8.51. The molecule has 3 aliphatic rings. The molecule has 2 aromatic carbocycles. The van der Waals surface area contributed by atoms with Crippen molar-refractivity contribution >= 4 is 46.7 Å². The van der Waals surface area contributed by atoms with Crippen LogP contribution in [0.1, 0.15) is 52.5 Å². The molecule has 0 spiro atoms. The summed E-state index contributed by atoms with van der Waals surface area (Å²) in [6, 6.07) is 10.2. The topological polar surface area (TPSA) is 74.8 Å². The average Bonchev–Trinajstić information content (AvgIpc) is 3.51. The summed E-state index contributed by atoms with van der Waals surface area (Å²) >= 11 is 12.2. The van der Waals surface area contributed by atoms with E-state index in [4.69, 9.17) is 23.2 Å². The minimum absolute atomic E-state index is 0.138. The second-order valence-corrected chi connectivity index (χ2v) is 10.4. The number of carbonyl (C=O) groups is 4. The van der Waals surface area contributed by atoms with E-state index >= 15 is 0 Å². The molecule has 6 nitrogen and oxygen atoms in total. The van der Waals surface area contributed by atoms with Gasteiger partial charge in [-0.15, -0.1) is 0 Å². The molecule has 34 heavy (non-hydrogen) atoms. The van der Waals surface area contributed by atoms with E-state index in [0.717, 1.165) is 34.8 Å². The Labute approximate surface area is 207 Å². The third kappa shape index (κ3) is 3.55. The number of amides is 3. The molecule has 2 saturated carbocycles. The maximum atomic E-state index is 13.7. The number of halogens is 2. The molecule has 0 unspecified atom stereocenters. The Morgan fingerprint density at radius 1 is 0.912 bits per heavy atom. The van der Waals surface area contributed by atoms with Gasteiger partial charge in [0.1, 0.15) is 6.04 Å². The van der Waals surface area contributed by atoms with E-state index in [2.05, 4.69) is 0 Å². The van der Waals surface area contributed by atoms with Crippen molar-refractivity contribution in [3.8, 4) is 0 Å². The van der Waals surface area contributed by atoms with Crippen molar-refractivity contribution in [1.82, 2.24) is 10.0 Å². The molecular formula is C26H24Cl2N2O4. The highest BCUT2D eigenvalue weighted by Gasteiger charge is 2.63. The van der Waals surface area contributed by atoms with Crippen molar-refractivity contribution in [1.29, 1.82) is 0 Å². The van der Waals surface area contributed by atoms with Crippen molar-refractivity contribution in [2.45, 2.75) is 39.2 Å². The number of ketones is 1. The average molecular weight is 499 g/mol. The van der Waals surface area contributed by atoms with Crippen LogP contribution in [0.4, 0.5) is 0 Å².